The fourth-order valence-corrected chi connectivity index (χ4v) is 2.89. The number of hydrogen-bond donors (Lipinski definition) is 2. The number of halogens is 1. The first-order valence-corrected chi connectivity index (χ1v) is 8.34. The van der Waals surface area contributed by atoms with E-state index in [9.17, 15) is 9.18 Å². The zero-order valence-corrected chi connectivity index (χ0v) is 13.5. The van der Waals surface area contributed by atoms with Crippen molar-refractivity contribution in [3.63, 3.8) is 0 Å². The lowest BCUT2D eigenvalue weighted by Gasteiger charge is -2.22. The Bertz CT molecular complexity index is 684. The van der Waals surface area contributed by atoms with Gasteiger partial charge in [0.25, 0.3) is 5.91 Å². The van der Waals surface area contributed by atoms with Crippen LogP contribution >= 0.6 is 0 Å². The van der Waals surface area contributed by atoms with Crippen molar-refractivity contribution in [3.8, 4) is 0 Å². The Morgan fingerprint density at radius 1 is 1.08 bits per heavy atom. The number of nitrogens with one attached hydrogen (secondary N) is 2. The third kappa shape index (κ3) is 4.28. The quantitative estimate of drug-likeness (QED) is 0.884. The van der Waals surface area contributed by atoms with Gasteiger partial charge in [-0.25, -0.2) is 4.39 Å². The van der Waals surface area contributed by atoms with Crippen LogP contribution in [0.3, 0.4) is 0 Å². The highest BCUT2D eigenvalue weighted by Gasteiger charge is 2.14. The number of carbonyl (C=O) groups is 1. The Morgan fingerprint density at radius 3 is 2.58 bits per heavy atom. The van der Waals surface area contributed by atoms with Crippen molar-refractivity contribution in [1.82, 2.24) is 15.5 Å². The summed E-state index contributed by atoms with van der Waals surface area (Å²) in [6.45, 7) is 0.120. The van der Waals surface area contributed by atoms with Crippen molar-refractivity contribution < 1.29 is 9.18 Å². The predicted octanol–water partition coefficient (Wildman–Crippen LogP) is 3.29. The van der Waals surface area contributed by atoms with Gasteiger partial charge in [0.05, 0.1) is 0 Å². The molecule has 1 aliphatic carbocycles. The molecule has 0 atom stereocenters. The Balaban J connectivity index is 1.54. The summed E-state index contributed by atoms with van der Waals surface area (Å²) in [6, 6.07) is 10.2. The van der Waals surface area contributed by atoms with E-state index in [1.165, 1.54) is 25.3 Å². The summed E-state index contributed by atoms with van der Waals surface area (Å²) in [5, 5.41) is 14.0. The van der Waals surface area contributed by atoms with Crippen LogP contribution in [0.2, 0.25) is 0 Å². The number of anilines is 1. The Hall–Kier alpha value is -2.50. The van der Waals surface area contributed by atoms with E-state index in [2.05, 4.69) is 20.8 Å². The highest BCUT2D eigenvalue weighted by atomic mass is 19.1. The van der Waals surface area contributed by atoms with Gasteiger partial charge in [0, 0.05) is 18.2 Å². The van der Waals surface area contributed by atoms with Crippen LogP contribution in [0.4, 0.5) is 10.2 Å². The summed E-state index contributed by atoms with van der Waals surface area (Å²) in [6.07, 6.45) is 6.06. The summed E-state index contributed by atoms with van der Waals surface area (Å²) in [5.74, 6) is -0.0153. The van der Waals surface area contributed by atoms with Crippen molar-refractivity contribution >= 4 is 11.7 Å². The maximum atomic E-state index is 13.5. The first kappa shape index (κ1) is 16.4. The Morgan fingerprint density at radius 2 is 1.88 bits per heavy atom. The van der Waals surface area contributed by atoms with Crippen LogP contribution in [0.15, 0.2) is 36.4 Å². The molecular formula is C18H21FN4O. The second-order valence-electron chi connectivity index (χ2n) is 6.06. The van der Waals surface area contributed by atoms with Gasteiger partial charge in [-0.3, -0.25) is 4.79 Å². The van der Waals surface area contributed by atoms with Gasteiger partial charge in [0.1, 0.15) is 11.6 Å². The zero-order valence-electron chi connectivity index (χ0n) is 13.5. The van der Waals surface area contributed by atoms with Crippen molar-refractivity contribution in [2.45, 2.75) is 44.7 Å². The number of rotatable bonds is 5. The standard InChI is InChI=1S/C18H21FN4O/c19-15-9-5-4-6-13(15)12-20-18(24)16-10-11-17(23-22-16)21-14-7-2-1-3-8-14/h4-6,9-11,14H,1-3,7-8,12H2,(H,20,24)(H,21,23). The van der Waals surface area contributed by atoms with Crippen molar-refractivity contribution in [1.29, 1.82) is 0 Å². The number of hydrogen-bond acceptors (Lipinski definition) is 4. The summed E-state index contributed by atoms with van der Waals surface area (Å²) < 4.78 is 13.5. The SMILES string of the molecule is O=C(NCc1ccccc1F)c1ccc(NC2CCCCC2)nn1. The molecule has 5 nitrogen and oxygen atoms in total. The summed E-state index contributed by atoms with van der Waals surface area (Å²) in [4.78, 5) is 12.1. The molecule has 0 saturated heterocycles. The molecule has 1 heterocycles. The lowest BCUT2D eigenvalue weighted by Crippen LogP contribution is -2.25. The molecule has 1 aromatic heterocycles. The summed E-state index contributed by atoms with van der Waals surface area (Å²) in [5.41, 5.74) is 0.662. The van der Waals surface area contributed by atoms with E-state index in [1.54, 1.807) is 30.3 Å². The average Bonchev–Trinajstić information content (AvgIpc) is 2.62. The van der Waals surface area contributed by atoms with Crippen LogP contribution in [0.1, 0.15) is 48.2 Å². The molecule has 24 heavy (non-hydrogen) atoms. The molecule has 2 N–H and O–H groups in total. The van der Waals surface area contributed by atoms with Gasteiger partial charge in [-0.15, -0.1) is 10.2 Å². The van der Waals surface area contributed by atoms with Gasteiger partial charge in [-0.2, -0.15) is 0 Å². The van der Waals surface area contributed by atoms with Crippen molar-refractivity contribution in [2.75, 3.05) is 5.32 Å². The first-order chi connectivity index (χ1) is 11.7. The lowest BCUT2D eigenvalue weighted by molar-refractivity contribution is 0.0944. The van der Waals surface area contributed by atoms with Crippen LogP contribution in [-0.4, -0.2) is 22.1 Å². The highest BCUT2D eigenvalue weighted by molar-refractivity contribution is 5.92. The number of aromatic nitrogens is 2. The monoisotopic (exact) mass is 328 g/mol. The van der Waals surface area contributed by atoms with Gasteiger partial charge >= 0.3 is 0 Å². The van der Waals surface area contributed by atoms with Crippen LogP contribution in [0.25, 0.3) is 0 Å². The van der Waals surface area contributed by atoms with Crippen LogP contribution < -0.4 is 10.6 Å². The molecule has 0 aliphatic heterocycles. The van der Waals surface area contributed by atoms with Crippen LogP contribution in [-0.2, 0) is 6.54 Å². The van der Waals surface area contributed by atoms with Gasteiger partial charge in [-0.05, 0) is 31.0 Å². The third-order valence-electron chi connectivity index (χ3n) is 4.25. The fraction of sp³-hybridized carbons (Fsp3) is 0.389. The molecule has 1 fully saturated rings. The molecule has 6 heteroatoms. The molecule has 0 bridgehead atoms. The van der Waals surface area contributed by atoms with Crippen LogP contribution in [0.5, 0.6) is 0 Å². The van der Waals surface area contributed by atoms with E-state index in [0.29, 0.717) is 17.4 Å². The van der Waals surface area contributed by atoms with Gasteiger partial charge < -0.3 is 10.6 Å². The summed E-state index contributed by atoms with van der Waals surface area (Å²) >= 11 is 0. The summed E-state index contributed by atoms with van der Waals surface area (Å²) in [7, 11) is 0. The molecule has 1 amide bonds. The minimum absolute atomic E-state index is 0.120. The Labute approximate surface area is 140 Å². The normalized spacial score (nSPS) is 15.0. The fourth-order valence-electron chi connectivity index (χ4n) is 2.89. The molecule has 0 unspecified atom stereocenters. The largest absolute Gasteiger partial charge is 0.366 e. The zero-order chi connectivity index (χ0) is 16.8. The van der Waals surface area contributed by atoms with Crippen molar-refractivity contribution in [3.05, 3.63) is 53.5 Å². The second-order valence-corrected chi connectivity index (χ2v) is 6.06. The number of carbonyl (C=O) groups excluding carboxylic acids is 1. The molecule has 0 spiro atoms. The number of nitrogens with zero attached hydrogens (tertiary/aromatic N) is 2. The van der Waals surface area contributed by atoms with Crippen LogP contribution in [0, 0.1) is 5.82 Å². The van der Waals surface area contributed by atoms with E-state index >= 15 is 0 Å². The highest BCUT2D eigenvalue weighted by Crippen LogP contribution is 2.20. The molecule has 1 aromatic carbocycles. The first-order valence-electron chi connectivity index (χ1n) is 8.34. The molecule has 126 valence electrons. The smallest absolute Gasteiger partial charge is 0.272 e. The Kier molecular flexibility index (Phi) is 5.36. The van der Waals surface area contributed by atoms with Gasteiger partial charge in [0.2, 0.25) is 0 Å². The van der Waals surface area contributed by atoms with E-state index in [1.807, 2.05) is 0 Å². The second kappa shape index (κ2) is 7.86. The molecule has 1 saturated carbocycles. The van der Waals surface area contributed by atoms with Gasteiger partial charge in [0.15, 0.2) is 5.69 Å². The molecule has 1 aliphatic rings. The number of benzene rings is 1. The molecular weight excluding hydrogens is 307 g/mol. The maximum absolute atomic E-state index is 13.5. The number of amides is 1. The lowest BCUT2D eigenvalue weighted by atomic mass is 9.95. The molecule has 3 rings (SSSR count). The van der Waals surface area contributed by atoms with E-state index < -0.39 is 0 Å². The van der Waals surface area contributed by atoms with E-state index in [4.69, 9.17) is 0 Å². The van der Waals surface area contributed by atoms with Gasteiger partial charge in [-0.1, -0.05) is 37.5 Å². The minimum Gasteiger partial charge on any atom is -0.366 e. The topological polar surface area (TPSA) is 66.9 Å². The minimum atomic E-state index is -0.366. The third-order valence-corrected chi connectivity index (χ3v) is 4.25. The maximum Gasteiger partial charge on any atom is 0.272 e. The predicted molar refractivity (Wildman–Crippen MR) is 90.1 cm³/mol. The van der Waals surface area contributed by atoms with E-state index in [0.717, 1.165) is 12.8 Å². The average molecular weight is 328 g/mol. The molecule has 2 aromatic rings. The molecule has 0 radical (unpaired) electrons. The van der Waals surface area contributed by atoms with E-state index in [-0.39, 0.29) is 24.0 Å². The van der Waals surface area contributed by atoms with Crippen molar-refractivity contribution in [2.24, 2.45) is 0 Å².